The van der Waals surface area contributed by atoms with Gasteiger partial charge >= 0.3 is 6.18 Å². The number of nitrogens with one attached hydrogen (secondary N) is 1. The summed E-state index contributed by atoms with van der Waals surface area (Å²) < 4.78 is 41.4. The van der Waals surface area contributed by atoms with E-state index in [0.717, 1.165) is 28.0 Å². The van der Waals surface area contributed by atoms with Crippen molar-refractivity contribution in [3.05, 3.63) is 66.5 Å². The van der Waals surface area contributed by atoms with Crippen LogP contribution in [0.5, 0.6) is 0 Å². The molecule has 0 spiro atoms. The molecule has 2 aromatic carbocycles. The fourth-order valence-corrected chi connectivity index (χ4v) is 3.93. The second kappa shape index (κ2) is 9.32. The summed E-state index contributed by atoms with van der Waals surface area (Å²) in [5.74, 6) is -0.864. The highest BCUT2D eigenvalue weighted by atomic mass is 32.2. The fraction of sp³-hybridized carbons (Fsp3) is 0.217. The molecule has 1 fully saturated rings. The van der Waals surface area contributed by atoms with Crippen molar-refractivity contribution in [3.8, 4) is 22.4 Å². The molecule has 1 aromatic heterocycles. The summed E-state index contributed by atoms with van der Waals surface area (Å²) >= 11 is 1.11. The topological polar surface area (TPSA) is 67.1 Å². The lowest BCUT2D eigenvalue weighted by molar-refractivity contribution is -0.144. The summed E-state index contributed by atoms with van der Waals surface area (Å²) in [5.41, 5.74) is 2.98. The van der Waals surface area contributed by atoms with Crippen molar-refractivity contribution in [2.45, 2.75) is 11.1 Å². The van der Waals surface area contributed by atoms with E-state index in [1.54, 1.807) is 30.3 Å². The van der Waals surface area contributed by atoms with Gasteiger partial charge in [0.05, 0.1) is 11.3 Å². The van der Waals surface area contributed by atoms with Crippen LogP contribution >= 0.6 is 11.9 Å². The van der Waals surface area contributed by atoms with Crippen molar-refractivity contribution in [3.63, 3.8) is 0 Å². The molecule has 3 aromatic rings. The first-order valence-corrected chi connectivity index (χ1v) is 10.9. The van der Waals surface area contributed by atoms with Crippen LogP contribution in [-0.2, 0) is 6.18 Å². The number of halogens is 3. The third-order valence-corrected chi connectivity index (χ3v) is 5.80. The van der Waals surface area contributed by atoms with Crippen molar-refractivity contribution in [1.82, 2.24) is 15.3 Å². The van der Waals surface area contributed by atoms with Crippen molar-refractivity contribution in [2.24, 2.45) is 5.14 Å². The Bertz CT molecular complexity index is 1090. The molecule has 0 radical (unpaired) electrons. The second-order valence-corrected chi connectivity index (χ2v) is 8.00. The van der Waals surface area contributed by atoms with Gasteiger partial charge in [-0.2, -0.15) is 13.2 Å². The number of hydrogen-bond donors (Lipinski definition) is 2. The molecule has 0 atom stereocenters. The monoisotopic (exact) mass is 457 g/mol. The van der Waals surface area contributed by atoms with Gasteiger partial charge < -0.3 is 10.2 Å². The van der Waals surface area contributed by atoms with Crippen LogP contribution in [-0.4, -0.2) is 36.1 Å². The molecule has 0 aliphatic carbocycles. The number of nitrogens with two attached hydrogens (primary N) is 1. The quantitative estimate of drug-likeness (QED) is 0.534. The zero-order chi connectivity index (χ0) is 22.7. The van der Waals surface area contributed by atoms with Gasteiger partial charge in [0.2, 0.25) is 5.82 Å². The number of rotatable bonds is 5. The first-order valence-electron chi connectivity index (χ1n) is 10.1. The molecule has 166 valence electrons. The van der Waals surface area contributed by atoms with E-state index >= 15 is 0 Å². The highest BCUT2D eigenvalue weighted by molar-refractivity contribution is 7.97. The van der Waals surface area contributed by atoms with Gasteiger partial charge in [-0.1, -0.05) is 49.1 Å². The minimum atomic E-state index is -4.67. The Morgan fingerprint density at radius 1 is 0.969 bits per heavy atom. The molecule has 4 rings (SSSR count). The van der Waals surface area contributed by atoms with Gasteiger partial charge in [-0.25, -0.2) is 9.97 Å². The number of aromatic nitrogens is 2. The normalized spacial score (nSPS) is 14.4. The van der Waals surface area contributed by atoms with Gasteiger partial charge in [0, 0.05) is 36.6 Å². The standard InChI is InChI=1S/C23H22F3N5S/c1-2-15-3-5-17(6-4-15)20-19(16-7-9-18(32-27)10-8-16)21(31-13-11-28-12-14-31)30-22(29-20)23(24,25)26/h2-10,28H,1,11-14,27H2. The van der Waals surface area contributed by atoms with Gasteiger partial charge in [-0.15, -0.1) is 0 Å². The largest absolute Gasteiger partial charge is 0.451 e. The fourth-order valence-electron chi connectivity index (χ4n) is 3.63. The van der Waals surface area contributed by atoms with Crippen LogP contribution < -0.4 is 15.4 Å². The number of alkyl halides is 3. The lowest BCUT2D eigenvalue weighted by atomic mass is 9.98. The summed E-state index contributed by atoms with van der Waals surface area (Å²) in [6.45, 7) is 6.16. The van der Waals surface area contributed by atoms with Crippen LogP contribution in [0.15, 0.2) is 60.0 Å². The summed E-state index contributed by atoms with van der Waals surface area (Å²) in [4.78, 5) is 10.8. The number of nitrogens with zero attached hydrogens (tertiary/aromatic N) is 3. The molecular weight excluding hydrogens is 435 g/mol. The Balaban J connectivity index is 1.99. The highest BCUT2D eigenvalue weighted by Gasteiger charge is 2.37. The summed E-state index contributed by atoms with van der Waals surface area (Å²) in [6.07, 6.45) is -2.99. The van der Waals surface area contributed by atoms with E-state index in [1.165, 1.54) is 0 Å². The van der Waals surface area contributed by atoms with Gasteiger partial charge in [-0.3, -0.25) is 5.14 Å². The Morgan fingerprint density at radius 3 is 2.16 bits per heavy atom. The van der Waals surface area contributed by atoms with E-state index in [2.05, 4.69) is 21.9 Å². The Kier molecular flexibility index (Phi) is 6.50. The molecule has 32 heavy (non-hydrogen) atoms. The minimum absolute atomic E-state index is 0.240. The SMILES string of the molecule is C=Cc1ccc(-c2nc(C(F)(F)F)nc(N3CCNCC3)c2-c2ccc(SN)cc2)cc1. The third-order valence-electron chi connectivity index (χ3n) is 5.26. The minimum Gasteiger partial charge on any atom is -0.353 e. The van der Waals surface area contributed by atoms with Crippen LogP contribution in [0.3, 0.4) is 0 Å². The third kappa shape index (κ3) is 4.64. The van der Waals surface area contributed by atoms with E-state index in [4.69, 9.17) is 5.14 Å². The zero-order valence-corrected chi connectivity index (χ0v) is 18.0. The van der Waals surface area contributed by atoms with Gasteiger partial charge in [0.1, 0.15) is 5.82 Å². The zero-order valence-electron chi connectivity index (χ0n) is 17.2. The lowest BCUT2D eigenvalue weighted by Gasteiger charge is -2.31. The molecule has 0 unspecified atom stereocenters. The summed E-state index contributed by atoms with van der Waals surface area (Å²) in [6, 6.07) is 14.5. The van der Waals surface area contributed by atoms with Crippen molar-refractivity contribution < 1.29 is 13.2 Å². The number of benzene rings is 2. The number of hydrogen-bond acceptors (Lipinski definition) is 6. The van der Waals surface area contributed by atoms with Crippen LogP contribution in [0.1, 0.15) is 11.4 Å². The molecule has 1 aliphatic heterocycles. The van der Waals surface area contributed by atoms with E-state index in [-0.39, 0.29) is 11.5 Å². The van der Waals surface area contributed by atoms with Crippen molar-refractivity contribution in [1.29, 1.82) is 0 Å². The first-order chi connectivity index (χ1) is 15.4. The number of anilines is 1. The predicted molar refractivity (Wildman–Crippen MR) is 123 cm³/mol. The molecule has 5 nitrogen and oxygen atoms in total. The summed E-state index contributed by atoms with van der Waals surface area (Å²) in [5, 5.41) is 8.87. The maximum Gasteiger partial charge on any atom is 0.451 e. The van der Waals surface area contributed by atoms with Gasteiger partial charge in [0.15, 0.2) is 0 Å². The molecular formula is C23H22F3N5S. The van der Waals surface area contributed by atoms with Gasteiger partial charge in [-0.05, 0) is 35.2 Å². The average molecular weight is 458 g/mol. The smallest absolute Gasteiger partial charge is 0.353 e. The van der Waals surface area contributed by atoms with E-state index in [9.17, 15) is 13.2 Å². The molecule has 1 saturated heterocycles. The number of piperazine rings is 1. The Hall–Kier alpha value is -2.88. The summed E-state index contributed by atoms with van der Waals surface area (Å²) in [7, 11) is 0. The maximum atomic E-state index is 13.8. The molecule has 0 amide bonds. The second-order valence-electron chi connectivity index (χ2n) is 7.30. The van der Waals surface area contributed by atoms with E-state index in [0.29, 0.717) is 37.3 Å². The molecule has 1 aliphatic rings. The van der Waals surface area contributed by atoms with Crippen LogP contribution in [0, 0.1) is 0 Å². The Labute approximate surface area is 188 Å². The van der Waals surface area contributed by atoms with Crippen LogP contribution in [0.2, 0.25) is 0 Å². The van der Waals surface area contributed by atoms with Crippen LogP contribution in [0.25, 0.3) is 28.5 Å². The first kappa shape index (κ1) is 22.3. The molecule has 0 bridgehead atoms. The van der Waals surface area contributed by atoms with E-state index < -0.39 is 12.0 Å². The van der Waals surface area contributed by atoms with Crippen molar-refractivity contribution >= 4 is 23.8 Å². The highest BCUT2D eigenvalue weighted by Crippen LogP contribution is 2.40. The maximum absolute atomic E-state index is 13.8. The van der Waals surface area contributed by atoms with E-state index in [1.807, 2.05) is 29.2 Å². The van der Waals surface area contributed by atoms with Crippen molar-refractivity contribution in [2.75, 3.05) is 31.1 Å². The lowest BCUT2D eigenvalue weighted by Crippen LogP contribution is -2.44. The molecule has 9 heteroatoms. The average Bonchev–Trinajstić information content (AvgIpc) is 2.83. The molecule has 0 saturated carbocycles. The Morgan fingerprint density at radius 2 is 1.59 bits per heavy atom. The van der Waals surface area contributed by atoms with Gasteiger partial charge in [0.25, 0.3) is 0 Å². The predicted octanol–water partition coefficient (Wildman–Crippen LogP) is 4.85. The molecule has 3 N–H and O–H groups in total. The van der Waals surface area contributed by atoms with Crippen LogP contribution in [0.4, 0.5) is 19.0 Å². The molecule has 2 heterocycles.